The molecule has 0 atom stereocenters. The van der Waals surface area contributed by atoms with Gasteiger partial charge in [-0.15, -0.1) is 0 Å². The number of benzene rings is 2. The van der Waals surface area contributed by atoms with Crippen LogP contribution in [0.15, 0.2) is 67.0 Å². The number of nitrogens with one attached hydrogen (secondary N) is 1. The van der Waals surface area contributed by atoms with Crippen LogP contribution >= 0.6 is 0 Å². The van der Waals surface area contributed by atoms with Crippen molar-refractivity contribution in [2.24, 2.45) is 0 Å². The van der Waals surface area contributed by atoms with E-state index >= 15 is 0 Å². The van der Waals surface area contributed by atoms with Crippen molar-refractivity contribution in [3.63, 3.8) is 0 Å². The molecule has 1 N–H and O–H groups in total. The standard InChI is InChI=1S/C22H17N3O4/c1-29-17-6-2-5-16(11-17)24-20(26)15-7-8-18-19(10-15)22(28)25(21(18)27)13-14-4-3-9-23-12-14/h2-12H,13H2,1H3,(H,24,26). The molecule has 144 valence electrons. The number of ether oxygens (including phenoxy) is 1. The molecule has 2 aromatic carbocycles. The van der Waals surface area contributed by atoms with Gasteiger partial charge in [0.05, 0.1) is 24.8 Å². The van der Waals surface area contributed by atoms with Crippen molar-refractivity contribution in [3.05, 3.63) is 89.2 Å². The number of imide groups is 1. The fourth-order valence-electron chi connectivity index (χ4n) is 3.15. The summed E-state index contributed by atoms with van der Waals surface area (Å²) in [6.45, 7) is 0.130. The molecule has 0 fully saturated rings. The lowest BCUT2D eigenvalue weighted by Crippen LogP contribution is -2.29. The summed E-state index contributed by atoms with van der Waals surface area (Å²) in [4.78, 5) is 43.2. The van der Waals surface area contributed by atoms with Crippen molar-refractivity contribution in [1.29, 1.82) is 0 Å². The highest BCUT2D eigenvalue weighted by molar-refractivity contribution is 6.22. The number of hydrogen-bond acceptors (Lipinski definition) is 5. The number of amides is 3. The molecule has 3 amide bonds. The number of pyridine rings is 1. The van der Waals surface area contributed by atoms with E-state index in [-0.39, 0.29) is 35.0 Å². The summed E-state index contributed by atoms with van der Waals surface area (Å²) in [5.41, 5.74) is 2.11. The van der Waals surface area contributed by atoms with Gasteiger partial charge in [0.1, 0.15) is 5.75 Å². The van der Waals surface area contributed by atoms with Crippen LogP contribution in [0.2, 0.25) is 0 Å². The highest BCUT2D eigenvalue weighted by atomic mass is 16.5. The van der Waals surface area contributed by atoms with Gasteiger partial charge >= 0.3 is 0 Å². The summed E-state index contributed by atoms with van der Waals surface area (Å²) < 4.78 is 5.15. The Kier molecular flexibility index (Phi) is 4.78. The number of fused-ring (bicyclic) bond motifs is 1. The van der Waals surface area contributed by atoms with E-state index in [9.17, 15) is 14.4 Å². The predicted octanol–water partition coefficient (Wildman–Crippen LogP) is 3.14. The van der Waals surface area contributed by atoms with Gasteiger partial charge in [0, 0.05) is 29.7 Å². The molecular weight excluding hydrogens is 370 g/mol. The summed E-state index contributed by atoms with van der Waals surface area (Å²) in [5.74, 6) is -0.575. The molecule has 0 spiro atoms. The molecular formula is C22H17N3O4. The zero-order chi connectivity index (χ0) is 20.4. The molecule has 29 heavy (non-hydrogen) atoms. The zero-order valence-corrected chi connectivity index (χ0v) is 15.6. The minimum atomic E-state index is -0.426. The number of anilines is 1. The van der Waals surface area contributed by atoms with Gasteiger partial charge in [0.25, 0.3) is 17.7 Å². The Morgan fingerprint density at radius 1 is 1.03 bits per heavy atom. The second-order valence-corrected chi connectivity index (χ2v) is 6.50. The molecule has 7 heteroatoms. The van der Waals surface area contributed by atoms with Crippen LogP contribution in [0.5, 0.6) is 5.75 Å². The average Bonchev–Trinajstić information content (AvgIpc) is 2.99. The number of hydrogen-bond donors (Lipinski definition) is 1. The molecule has 4 rings (SSSR count). The first-order valence-corrected chi connectivity index (χ1v) is 8.91. The lowest BCUT2D eigenvalue weighted by molar-refractivity contribution is 0.0642. The van der Waals surface area contributed by atoms with E-state index < -0.39 is 5.91 Å². The largest absolute Gasteiger partial charge is 0.497 e. The maximum Gasteiger partial charge on any atom is 0.261 e. The van der Waals surface area contributed by atoms with Gasteiger partial charge in [-0.1, -0.05) is 12.1 Å². The first kappa shape index (κ1) is 18.4. The summed E-state index contributed by atoms with van der Waals surface area (Å²) in [7, 11) is 1.54. The van der Waals surface area contributed by atoms with E-state index in [1.165, 1.54) is 18.2 Å². The molecule has 0 saturated heterocycles. The maximum absolute atomic E-state index is 12.8. The Hall–Kier alpha value is -4.00. The van der Waals surface area contributed by atoms with Gasteiger partial charge in [-0.25, -0.2) is 0 Å². The van der Waals surface area contributed by atoms with Crippen LogP contribution in [0.25, 0.3) is 0 Å². The summed E-state index contributed by atoms with van der Waals surface area (Å²) in [6, 6.07) is 15.0. The maximum atomic E-state index is 12.8. The van der Waals surface area contributed by atoms with Gasteiger partial charge in [0.15, 0.2) is 0 Å². The molecule has 1 aliphatic heterocycles. The zero-order valence-electron chi connectivity index (χ0n) is 15.6. The summed E-state index contributed by atoms with van der Waals surface area (Å²) >= 11 is 0. The molecule has 0 unspecified atom stereocenters. The predicted molar refractivity (Wildman–Crippen MR) is 106 cm³/mol. The third-order valence-electron chi connectivity index (χ3n) is 4.62. The Balaban J connectivity index is 1.56. The van der Waals surface area contributed by atoms with Crippen molar-refractivity contribution in [2.75, 3.05) is 12.4 Å². The monoisotopic (exact) mass is 387 g/mol. The van der Waals surface area contributed by atoms with Crippen LogP contribution in [0.4, 0.5) is 5.69 Å². The van der Waals surface area contributed by atoms with E-state index in [1.54, 1.807) is 55.9 Å². The second-order valence-electron chi connectivity index (χ2n) is 6.50. The Bertz CT molecular complexity index is 1110. The number of methoxy groups -OCH3 is 1. The SMILES string of the molecule is COc1cccc(NC(=O)c2ccc3c(c2)C(=O)N(Cc2cccnc2)C3=O)c1. The molecule has 0 radical (unpaired) electrons. The van der Waals surface area contributed by atoms with Gasteiger partial charge in [-0.3, -0.25) is 24.3 Å². The number of carbonyl (C=O) groups excluding carboxylic acids is 3. The highest BCUT2D eigenvalue weighted by Crippen LogP contribution is 2.26. The van der Waals surface area contributed by atoms with Crippen molar-refractivity contribution >= 4 is 23.4 Å². The number of rotatable bonds is 5. The number of aromatic nitrogens is 1. The smallest absolute Gasteiger partial charge is 0.261 e. The fraction of sp³-hybridized carbons (Fsp3) is 0.0909. The highest BCUT2D eigenvalue weighted by Gasteiger charge is 2.36. The summed E-state index contributed by atoms with van der Waals surface area (Å²) in [6.07, 6.45) is 3.23. The minimum Gasteiger partial charge on any atom is -0.497 e. The van der Waals surface area contributed by atoms with Crippen LogP contribution in [-0.4, -0.2) is 34.7 Å². The normalized spacial score (nSPS) is 12.7. The van der Waals surface area contributed by atoms with E-state index in [4.69, 9.17) is 4.74 Å². The average molecular weight is 387 g/mol. The van der Waals surface area contributed by atoms with Gasteiger partial charge in [-0.05, 0) is 42.0 Å². The van der Waals surface area contributed by atoms with E-state index in [0.717, 1.165) is 10.5 Å². The van der Waals surface area contributed by atoms with Crippen molar-refractivity contribution < 1.29 is 19.1 Å². The number of carbonyl (C=O) groups is 3. The van der Waals surface area contributed by atoms with Crippen LogP contribution < -0.4 is 10.1 Å². The molecule has 2 heterocycles. The van der Waals surface area contributed by atoms with Crippen LogP contribution in [-0.2, 0) is 6.54 Å². The molecule has 1 aliphatic rings. The Labute approximate surface area is 166 Å². The number of nitrogens with zero attached hydrogens (tertiary/aromatic N) is 2. The van der Waals surface area contributed by atoms with E-state index in [2.05, 4.69) is 10.3 Å². The Morgan fingerprint density at radius 3 is 2.62 bits per heavy atom. The lowest BCUT2D eigenvalue weighted by atomic mass is 10.1. The lowest BCUT2D eigenvalue weighted by Gasteiger charge is -2.13. The van der Waals surface area contributed by atoms with Crippen molar-refractivity contribution in [3.8, 4) is 5.75 Å². The minimum absolute atomic E-state index is 0.130. The van der Waals surface area contributed by atoms with Crippen molar-refractivity contribution in [2.45, 2.75) is 6.54 Å². The van der Waals surface area contributed by atoms with E-state index in [1.807, 2.05) is 0 Å². The third kappa shape index (κ3) is 3.58. The fourth-order valence-corrected chi connectivity index (χ4v) is 3.15. The molecule has 7 nitrogen and oxygen atoms in total. The molecule has 0 bridgehead atoms. The van der Waals surface area contributed by atoms with Gasteiger partial charge in [-0.2, -0.15) is 0 Å². The quantitative estimate of drug-likeness (QED) is 0.680. The van der Waals surface area contributed by atoms with Gasteiger partial charge in [0.2, 0.25) is 0 Å². The first-order valence-electron chi connectivity index (χ1n) is 8.91. The molecule has 0 aliphatic carbocycles. The third-order valence-corrected chi connectivity index (χ3v) is 4.62. The molecule has 3 aromatic rings. The van der Waals surface area contributed by atoms with E-state index in [0.29, 0.717) is 11.4 Å². The van der Waals surface area contributed by atoms with Gasteiger partial charge < -0.3 is 10.1 Å². The Morgan fingerprint density at radius 2 is 1.86 bits per heavy atom. The van der Waals surface area contributed by atoms with Crippen molar-refractivity contribution in [1.82, 2.24) is 9.88 Å². The van der Waals surface area contributed by atoms with Crippen LogP contribution in [0, 0.1) is 0 Å². The first-order chi connectivity index (χ1) is 14.1. The topological polar surface area (TPSA) is 88.6 Å². The summed E-state index contributed by atoms with van der Waals surface area (Å²) in [5, 5.41) is 2.76. The molecule has 1 aromatic heterocycles. The van der Waals surface area contributed by atoms with Crippen LogP contribution in [0.1, 0.15) is 36.6 Å². The second kappa shape index (κ2) is 7.55. The molecule has 0 saturated carbocycles. The van der Waals surface area contributed by atoms with Crippen LogP contribution in [0.3, 0.4) is 0 Å².